The highest BCUT2D eigenvalue weighted by Gasteiger charge is 2.22. The van der Waals surface area contributed by atoms with E-state index in [0.29, 0.717) is 0 Å². The van der Waals surface area contributed by atoms with E-state index in [1.54, 1.807) is 0 Å². The third-order valence-electron chi connectivity index (χ3n) is 2.56. The molecule has 1 aromatic heterocycles. The van der Waals surface area contributed by atoms with Crippen LogP contribution in [0.4, 0.5) is 0 Å². The number of aromatic nitrogens is 4. The van der Waals surface area contributed by atoms with Crippen LogP contribution < -0.4 is 4.72 Å². The van der Waals surface area contributed by atoms with E-state index in [1.165, 1.54) is 6.92 Å². The summed E-state index contributed by atoms with van der Waals surface area (Å²) in [5.74, 6) is -1.07. The Morgan fingerprint density at radius 2 is 2.19 bits per heavy atom. The van der Waals surface area contributed by atoms with Gasteiger partial charge in [-0.2, -0.15) is 5.21 Å². The van der Waals surface area contributed by atoms with Crippen molar-refractivity contribution >= 4 is 27.6 Å². The van der Waals surface area contributed by atoms with Crippen molar-refractivity contribution in [1.82, 2.24) is 25.3 Å². The number of nitrogens with one attached hydrogen (secondary N) is 2. The first-order valence-electron chi connectivity index (χ1n) is 5.60. The van der Waals surface area contributed by atoms with Crippen LogP contribution in [0.3, 0.4) is 0 Å². The number of hydrogen-bond donors (Lipinski definition) is 3. The van der Waals surface area contributed by atoms with Crippen molar-refractivity contribution in [2.45, 2.75) is 17.9 Å². The van der Waals surface area contributed by atoms with Crippen LogP contribution in [0.1, 0.15) is 29.1 Å². The van der Waals surface area contributed by atoms with E-state index in [1.807, 2.05) is 0 Å². The molecule has 1 unspecified atom stereocenters. The molecule has 9 nitrogen and oxygen atoms in total. The first kappa shape index (κ1) is 15.4. The first-order valence-corrected chi connectivity index (χ1v) is 7.46. The molecule has 21 heavy (non-hydrogen) atoms. The summed E-state index contributed by atoms with van der Waals surface area (Å²) in [6, 6.07) is 2.63. The number of benzene rings is 1. The molecule has 0 saturated carbocycles. The number of aromatic carboxylic acids is 1. The summed E-state index contributed by atoms with van der Waals surface area (Å²) in [5.41, 5.74) is -0.179. The molecular weight excluding hydrogens is 322 g/mol. The maximum Gasteiger partial charge on any atom is 0.337 e. The number of rotatable bonds is 5. The van der Waals surface area contributed by atoms with Gasteiger partial charge in [-0.3, -0.25) is 0 Å². The van der Waals surface area contributed by atoms with Crippen molar-refractivity contribution in [2.75, 3.05) is 0 Å². The summed E-state index contributed by atoms with van der Waals surface area (Å²) in [6.45, 7) is 1.54. The number of carbonyl (C=O) groups is 1. The molecule has 0 fully saturated rings. The highest BCUT2D eigenvalue weighted by Crippen LogP contribution is 2.22. The molecule has 1 aromatic carbocycles. The van der Waals surface area contributed by atoms with Crippen molar-refractivity contribution in [1.29, 1.82) is 0 Å². The second kappa shape index (κ2) is 5.76. The Kier molecular flexibility index (Phi) is 4.21. The molecule has 0 radical (unpaired) electrons. The number of carboxylic acids is 1. The average molecular weight is 332 g/mol. The summed E-state index contributed by atoms with van der Waals surface area (Å²) < 4.78 is 26.7. The lowest BCUT2D eigenvalue weighted by atomic mass is 10.2. The number of sulfonamides is 1. The van der Waals surface area contributed by atoms with Crippen LogP contribution in [0.5, 0.6) is 0 Å². The van der Waals surface area contributed by atoms with Crippen LogP contribution >= 0.6 is 11.6 Å². The zero-order chi connectivity index (χ0) is 15.6. The van der Waals surface area contributed by atoms with Gasteiger partial charge in [0.25, 0.3) is 0 Å². The van der Waals surface area contributed by atoms with Gasteiger partial charge in [-0.05, 0) is 25.1 Å². The van der Waals surface area contributed by atoms with Crippen molar-refractivity contribution in [3.63, 3.8) is 0 Å². The minimum atomic E-state index is -3.90. The van der Waals surface area contributed by atoms with Gasteiger partial charge in [0, 0.05) is 0 Å². The SMILES string of the molecule is CC(NS(=O)(=O)c1ccc(C(=O)O)c(Cl)c1)c1nn[nH]n1. The van der Waals surface area contributed by atoms with Crippen LogP contribution in [-0.4, -0.2) is 40.1 Å². The van der Waals surface area contributed by atoms with E-state index in [0.717, 1.165) is 18.2 Å². The zero-order valence-corrected chi connectivity index (χ0v) is 12.2. The quantitative estimate of drug-likeness (QED) is 0.728. The summed E-state index contributed by atoms with van der Waals surface area (Å²) in [7, 11) is -3.90. The van der Waals surface area contributed by atoms with Crippen LogP contribution in [0.2, 0.25) is 5.02 Å². The Morgan fingerprint density at radius 3 is 2.71 bits per heavy atom. The van der Waals surface area contributed by atoms with E-state index in [2.05, 4.69) is 25.3 Å². The minimum absolute atomic E-state index is 0.159. The average Bonchev–Trinajstić information content (AvgIpc) is 2.91. The van der Waals surface area contributed by atoms with Gasteiger partial charge < -0.3 is 5.11 Å². The Balaban J connectivity index is 2.28. The standard InChI is InChI=1S/C10H10ClN5O4S/c1-5(9-12-15-16-13-9)14-21(19,20)6-2-3-7(10(17)18)8(11)4-6/h2-5,14H,1H3,(H,17,18)(H,12,13,15,16). The van der Waals surface area contributed by atoms with E-state index in [4.69, 9.17) is 16.7 Å². The topological polar surface area (TPSA) is 138 Å². The lowest BCUT2D eigenvalue weighted by Gasteiger charge is -2.11. The molecule has 2 rings (SSSR count). The monoisotopic (exact) mass is 331 g/mol. The molecule has 3 N–H and O–H groups in total. The molecule has 0 bridgehead atoms. The molecule has 112 valence electrons. The van der Waals surface area contributed by atoms with Gasteiger partial charge in [0.1, 0.15) is 0 Å². The molecule has 1 heterocycles. The predicted molar refractivity (Wildman–Crippen MR) is 71.3 cm³/mol. The maximum absolute atomic E-state index is 12.2. The van der Waals surface area contributed by atoms with Gasteiger partial charge in [0.05, 0.1) is 21.5 Å². The fraction of sp³-hybridized carbons (Fsp3) is 0.200. The smallest absolute Gasteiger partial charge is 0.337 e. The molecule has 0 aliphatic rings. The van der Waals surface area contributed by atoms with Crippen molar-refractivity contribution < 1.29 is 18.3 Å². The Bertz CT molecular complexity index is 762. The predicted octanol–water partition coefficient (Wildman–Crippen LogP) is 0.591. The lowest BCUT2D eigenvalue weighted by Crippen LogP contribution is -2.27. The fourth-order valence-electron chi connectivity index (χ4n) is 1.54. The van der Waals surface area contributed by atoms with Gasteiger partial charge >= 0.3 is 5.97 Å². The van der Waals surface area contributed by atoms with Gasteiger partial charge in [-0.25, -0.2) is 17.9 Å². The van der Waals surface area contributed by atoms with Gasteiger partial charge in [0.15, 0.2) is 5.82 Å². The molecule has 11 heteroatoms. The number of halogens is 1. The van der Waals surface area contributed by atoms with Crippen LogP contribution in [-0.2, 0) is 10.0 Å². The van der Waals surface area contributed by atoms with Gasteiger partial charge in [0.2, 0.25) is 10.0 Å². The first-order chi connectivity index (χ1) is 9.81. The van der Waals surface area contributed by atoms with Crippen LogP contribution in [0, 0.1) is 0 Å². The summed E-state index contributed by atoms with van der Waals surface area (Å²) in [4.78, 5) is 10.7. The molecule has 0 saturated heterocycles. The number of carboxylic acid groups (broad SMARTS) is 1. The third kappa shape index (κ3) is 3.35. The number of tetrazole rings is 1. The van der Waals surface area contributed by atoms with E-state index in [-0.39, 0.29) is 21.3 Å². The number of hydrogen-bond acceptors (Lipinski definition) is 6. The molecule has 0 aliphatic carbocycles. The van der Waals surface area contributed by atoms with Crippen molar-refractivity contribution in [3.8, 4) is 0 Å². The minimum Gasteiger partial charge on any atom is -0.478 e. The fourth-order valence-corrected chi connectivity index (χ4v) is 3.10. The third-order valence-corrected chi connectivity index (χ3v) is 4.41. The van der Waals surface area contributed by atoms with E-state index < -0.39 is 22.0 Å². The van der Waals surface area contributed by atoms with E-state index >= 15 is 0 Å². The highest BCUT2D eigenvalue weighted by molar-refractivity contribution is 7.89. The summed E-state index contributed by atoms with van der Waals surface area (Å²) in [6.07, 6.45) is 0. The second-order valence-corrected chi connectivity index (χ2v) is 6.18. The Morgan fingerprint density at radius 1 is 1.48 bits per heavy atom. The van der Waals surface area contributed by atoms with Gasteiger partial charge in [-0.1, -0.05) is 16.8 Å². The molecule has 1 atom stereocenters. The molecule has 0 spiro atoms. The Hall–Kier alpha value is -2.04. The summed E-state index contributed by atoms with van der Waals surface area (Å²) >= 11 is 5.75. The Labute approximate surface area is 124 Å². The van der Waals surface area contributed by atoms with Crippen molar-refractivity contribution in [3.05, 3.63) is 34.6 Å². The zero-order valence-electron chi connectivity index (χ0n) is 10.6. The normalized spacial score (nSPS) is 13.0. The molecule has 0 aliphatic heterocycles. The lowest BCUT2D eigenvalue weighted by molar-refractivity contribution is 0.0697. The summed E-state index contributed by atoms with van der Waals surface area (Å²) in [5, 5.41) is 21.6. The van der Waals surface area contributed by atoms with Crippen LogP contribution in [0.15, 0.2) is 23.1 Å². The van der Waals surface area contributed by atoms with Gasteiger partial charge in [-0.15, -0.1) is 10.2 Å². The maximum atomic E-state index is 12.2. The number of H-pyrrole nitrogens is 1. The van der Waals surface area contributed by atoms with Crippen molar-refractivity contribution in [2.24, 2.45) is 0 Å². The highest BCUT2D eigenvalue weighted by atomic mass is 35.5. The van der Waals surface area contributed by atoms with E-state index in [9.17, 15) is 13.2 Å². The molecule has 0 amide bonds. The number of aromatic amines is 1. The van der Waals surface area contributed by atoms with Crippen LogP contribution in [0.25, 0.3) is 0 Å². The largest absolute Gasteiger partial charge is 0.478 e. The molecule has 2 aromatic rings. The number of nitrogens with zero attached hydrogens (tertiary/aromatic N) is 3. The second-order valence-electron chi connectivity index (χ2n) is 4.06. The molecular formula is C10H10ClN5O4S.